The maximum absolute atomic E-state index is 10.8. The molecule has 1 aliphatic heterocycles. The van der Waals surface area contributed by atoms with E-state index in [1.54, 1.807) is 0 Å². The molecule has 0 aromatic rings. The zero-order chi connectivity index (χ0) is 6.91. The molecule has 0 radical (unpaired) electrons. The summed E-state index contributed by atoms with van der Waals surface area (Å²) in [6.07, 6.45) is 3.05. The molecule has 1 heterocycles. The molecule has 0 unspecified atom stereocenters. The highest BCUT2D eigenvalue weighted by atomic mass is 32.2. The number of hydrogen-bond acceptors (Lipinski definition) is 2. The van der Waals surface area contributed by atoms with Crippen LogP contribution in [0.4, 0.5) is 0 Å². The van der Waals surface area contributed by atoms with Crippen LogP contribution in [0.15, 0.2) is 0 Å². The molecule has 0 N–H and O–H groups in total. The van der Waals surface area contributed by atoms with Gasteiger partial charge in [0, 0.05) is 11.2 Å². The van der Waals surface area contributed by atoms with E-state index in [2.05, 4.69) is 13.8 Å². The number of thioether (sulfide) groups is 1. The van der Waals surface area contributed by atoms with Gasteiger partial charge in [-0.3, -0.25) is 4.79 Å². The van der Waals surface area contributed by atoms with Crippen molar-refractivity contribution in [2.45, 2.75) is 37.9 Å². The lowest BCUT2D eigenvalue weighted by Crippen LogP contribution is -2.21. The van der Waals surface area contributed by atoms with E-state index in [1.165, 1.54) is 18.2 Å². The second kappa shape index (κ2) is 2.33. The van der Waals surface area contributed by atoms with E-state index in [4.69, 9.17) is 0 Å². The molecule has 1 saturated heterocycles. The Kier molecular flexibility index (Phi) is 1.85. The van der Waals surface area contributed by atoms with Gasteiger partial charge >= 0.3 is 0 Å². The van der Waals surface area contributed by atoms with Gasteiger partial charge in [0.15, 0.2) is 5.12 Å². The Hall–Kier alpha value is 0.0200. The van der Waals surface area contributed by atoms with Crippen molar-refractivity contribution in [2.24, 2.45) is 0 Å². The summed E-state index contributed by atoms with van der Waals surface area (Å²) in [5, 5.41) is 0.367. The summed E-state index contributed by atoms with van der Waals surface area (Å²) in [5.74, 6) is 0. The highest BCUT2D eigenvalue weighted by Crippen LogP contribution is 2.36. The monoisotopic (exact) mass is 144 g/mol. The molecule has 0 aliphatic carbocycles. The van der Waals surface area contributed by atoms with Gasteiger partial charge in [-0.1, -0.05) is 25.6 Å². The van der Waals surface area contributed by atoms with Crippen molar-refractivity contribution in [2.75, 3.05) is 0 Å². The summed E-state index contributed by atoms with van der Waals surface area (Å²) in [6.45, 7) is 4.27. The van der Waals surface area contributed by atoms with Gasteiger partial charge in [0.1, 0.15) is 0 Å². The quantitative estimate of drug-likeness (QED) is 0.518. The van der Waals surface area contributed by atoms with Gasteiger partial charge in [-0.05, 0) is 12.8 Å². The van der Waals surface area contributed by atoms with Crippen LogP contribution in [-0.4, -0.2) is 9.86 Å². The fraction of sp³-hybridized carbons (Fsp3) is 0.857. The van der Waals surface area contributed by atoms with Crippen molar-refractivity contribution >= 4 is 16.9 Å². The molecule has 0 aromatic carbocycles. The zero-order valence-electron chi connectivity index (χ0n) is 5.94. The molecule has 1 nitrogen and oxygen atoms in total. The summed E-state index contributed by atoms with van der Waals surface area (Å²) in [4.78, 5) is 10.8. The number of hydrogen-bond donors (Lipinski definition) is 0. The van der Waals surface area contributed by atoms with Gasteiger partial charge in [-0.15, -0.1) is 0 Å². The van der Waals surface area contributed by atoms with Crippen LogP contribution in [0.3, 0.4) is 0 Å². The average molecular weight is 144 g/mol. The van der Waals surface area contributed by atoms with Crippen LogP contribution in [0.5, 0.6) is 0 Å². The molecule has 0 amide bonds. The average Bonchev–Trinajstić information content (AvgIpc) is 1.60. The van der Waals surface area contributed by atoms with Crippen molar-refractivity contribution in [1.29, 1.82) is 0 Å². The summed E-state index contributed by atoms with van der Waals surface area (Å²) >= 11 is 1.50. The molecule has 1 aliphatic rings. The standard InChI is InChI=1S/C7H12OS/c1-7(2)5-3-4-6(8)9-7/h3-5H2,1-2H3. The normalized spacial score (nSPS) is 26.2. The summed E-state index contributed by atoms with van der Waals surface area (Å²) in [7, 11) is 0. The van der Waals surface area contributed by atoms with E-state index in [0.717, 1.165) is 12.8 Å². The topological polar surface area (TPSA) is 17.1 Å². The molecular weight excluding hydrogens is 132 g/mol. The van der Waals surface area contributed by atoms with Gasteiger partial charge in [0.05, 0.1) is 0 Å². The van der Waals surface area contributed by atoms with Crippen LogP contribution >= 0.6 is 11.8 Å². The number of carbonyl (C=O) groups is 1. The van der Waals surface area contributed by atoms with E-state index >= 15 is 0 Å². The predicted octanol–water partition coefficient (Wildman–Crippen LogP) is 2.21. The minimum absolute atomic E-state index is 0.218. The first-order valence-corrected chi connectivity index (χ1v) is 4.14. The second-order valence-corrected chi connectivity index (χ2v) is 4.85. The predicted molar refractivity (Wildman–Crippen MR) is 40.5 cm³/mol. The van der Waals surface area contributed by atoms with Crippen molar-refractivity contribution < 1.29 is 4.79 Å². The van der Waals surface area contributed by atoms with Crippen LogP contribution in [-0.2, 0) is 4.79 Å². The first kappa shape index (κ1) is 7.13. The summed E-state index contributed by atoms with van der Waals surface area (Å²) < 4.78 is 0.218. The summed E-state index contributed by atoms with van der Waals surface area (Å²) in [5.41, 5.74) is 0. The molecule has 0 aromatic heterocycles. The fourth-order valence-electron chi connectivity index (χ4n) is 1.07. The Labute approximate surface area is 60.2 Å². The van der Waals surface area contributed by atoms with Crippen LogP contribution in [0.2, 0.25) is 0 Å². The highest BCUT2D eigenvalue weighted by Gasteiger charge is 2.26. The molecule has 0 bridgehead atoms. The number of carbonyl (C=O) groups excluding carboxylic acids is 1. The molecule has 0 saturated carbocycles. The minimum Gasteiger partial charge on any atom is -0.287 e. The summed E-state index contributed by atoms with van der Waals surface area (Å²) in [6, 6.07) is 0. The minimum atomic E-state index is 0.218. The van der Waals surface area contributed by atoms with Gasteiger partial charge < -0.3 is 0 Å². The van der Waals surface area contributed by atoms with Crippen LogP contribution in [0, 0.1) is 0 Å². The molecule has 9 heavy (non-hydrogen) atoms. The lowest BCUT2D eigenvalue weighted by Gasteiger charge is -2.26. The van der Waals surface area contributed by atoms with Crippen molar-refractivity contribution in [1.82, 2.24) is 0 Å². The SMILES string of the molecule is CC1(C)CCCC(=O)S1. The van der Waals surface area contributed by atoms with Gasteiger partial charge in [0.25, 0.3) is 0 Å². The second-order valence-electron chi connectivity index (χ2n) is 3.09. The van der Waals surface area contributed by atoms with Crippen LogP contribution in [0.1, 0.15) is 33.1 Å². The first-order chi connectivity index (χ1) is 4.10. The van der Waals surface area contributed by atoms with Crippen molar-refractivity contribution in [3.63, 3.8) is 0 Å². The van der Waals surface area contributed by atoms with Gasteiger partial charge in [0.2, 0.25) is 0 Å². The van der Waals surface area contributed by atoms with Crippen molar-refractivity contribution in [3.05, 3.63) is 0 Å². The Morgan fingerprint density at radius 2 is 2.22 bits per heavy atom. The Morgan fingerprint density at radius 1 is 1.56 bits per heavy atom. The molecule has 0 atom stereocenters. The Balaban J connectivity index is 2.51. The zero-order valence-corrected chi connectivity index (χ0v) is 6.75. The third-order valence-electron chi connectivity index (χ3n) is 1.55. The third kappa shape index (κ3) is 2.01. The van der Waals surface area contributed by atoms with E-state index in [1.807, 2.05) is 0 Å². The highest BCUT2D eigenvalue weighted by molar-refractivity contribution is 8.14. The first-order valence-electron chi connectivity index (χ1n) is 3.32. The van der Waals surface area contributed by atoms with E-state index in [9.17, 15) is 4.79 Å². The van der Waals surface area contributed by atoms with E-state index in [-0.39, 0.29) is 4.75 Å². The van der Waals surface area contributed by atoms with Crippen LogP contribution in [0.25, 0.3) is 0 Å². The maximum Gasteiger partial charge on any atom is 0.189 e. The van der Waals surface area contributed by atoms with Gasteiger partial charge in [-0.2, -0.15) is 0 Å². The lowest BCUT2D eigenvalue weighted by molar-refractivity contribution is -0.111. The third-order valence-corrected chi connectivity index (χ3v) is 2.74. The largest absolute Gasteiger partial charge is 0.287 e. The van der Waals surface area contributed by atoms with Crippen LogP contribution < -0.4 is 0 Å². The smallest absolute Gasteiger partial charge is 0.189 e. The molecule has 0 spiro atoms. The molecular formula is C7H12OS. The lowest BCUT2D eigenvalue weighted by atomic mass is 10.1. The molecule has 52 valence electrons. The fourth-order valence-corrected chi connectivity index (χ4v) is 2.18. The molecule has 1 fully saturated rings. The van der Waals surface area contributed by atoms with Gasteiger partial charge in [-0.25, -0.2) is 0 Å². The van der Waals surface area contributed by atoms with E-state index in [0.29, 0.717) is 5.12 Å². The Bertz CT molecular complexity index is 129. The number of rotatable bonds is 0. The van der Waals surface area contributed by atoms with Crippen molar-refractivity contribution in [3.8, 4) is 0 Å². The Morgan fingerprint density at radius 3 is 2.56 bits per heavy atom. The molecule has 1 rings (SSSR count). The molecule has 2 heteroatoms. The van der Waals surface area contributed by atoms with E-state index < -0.39 is 0 Å². The maximum atomic E-state index is 10.8.